The van der Waals surface area contributed by atoms with E-state index in [9.17, 15) is 4.79 Å². The standard InChI is InChI=1S/C7H9NO3S/c1-4-3-11-7(8-4)12-5(2)6(9)10/h3,5H,1-2H3,(H,9,10). The normalized spacial score (nSPS) is 12.8. The van der Waals surface area contributed by atoms with Gasteiger partial charge in [-0.05, 0) is 13.8 Å². The summed E-state index contributed by atoms with van der Waals surface area (Å²) >= 11 is 1.10. The van der Waals surface area contributed by atoms with E-state index < -0.39 is 11.2 Å². The fraction of sp³-hybridized carbons (Fsp3) is 0.429. The van der Waals surface area contributed by atoms with Gasteiger partial charge in [0.15, 0.2) is 0 Å². The smallest absolute Gasteiger partial charge is 0.316 e. The summed E-state index contributed by atoms with van der Waals surface area (Å²) in [4.78, 5) is 14.4. The summed E-state index contributed by atoms with van der Waals surface area (Å²) in [5.74, 6) is -0.865. The summed E-state index contributed by atoms with van der Waals surface area (Å²) in [5, 5.41) is 8.44. The maximum Gasteiger partial charge on any atom is 0.316 e. The molecule has 0 saturated carbocycles. The van der Waals surface area contributed by atoms with Crippen molar-refractivity contribution >= 4 is 17.7 Å². The molecule has 0 fully saturated rings. The summed E-state index contributed by atoms with van der Waals surface area (Å²) in [5.41, 5.74) is 0.759. The lowest BCUT2D eigenvalue weighted by Crippen LogP contribution is -2.10. The summed E-state index contributed by atoms with van der Waals surface area (Å²) in [6.45, 7) is 3.38. The average Bonchev–Trinajstić information content (AvgIpc) is 2.35. The molecule has 0 aliphatic heterocycles. The molecule has 0 aromatic carbocycles. The fourth-order valence-electron chi connectivity index (χ4n) is 0.588. The van der Waals surface area contributed by atoms with E-state index in [1.165, 1.54) is 6.26 Å². The number of nitrogens with zero attached hydrogens (tertiary/aromatic N) is 1. The zero-order chi connectivity index (χ0) is 9.14. The highest BCUT2D eigenvalue weighted by atomic mass is 32.2. The predicted molar refractivity (Wildman–Crippen MR) is 44.2 cm³/mol. The third-order valence-corrected chi connectivity index (χ3v) is 2.17. The van der Waals surface area contributed by atoms with E-state index >= 15 is 0 Å². The summed E-state index contributed by atoms with van der Waals surface area (Å²) in [6.07, 6.45) is 1.50. The molecule has 1 heterocycles. The van der Waals surface area contributed by atoms with E-state index in [1.54, 1.807) is 13.8 Å². The second-order valence-electron chi connectivity index (χ2n) is 2.35. The van der Waals surface area contributed by atoms with Crippen LogP contribution in [0.4, 0.5) is 0 Å². The molecule has 0 aliphatic rings. The van der Waals surface area contributed by atoms with Gasteiger partial charge in [0, 0.05) is 0 Å². The molecule has 0 amide bonds. The highest BCUT2D eigenvalue weighted by Gasteiger charge is 2.15. The highest BCUT2D eigenvalue weighted by molar-refractivity contribution is 8.00. The van der Waals surface area contributed by atoms with Crippen LogP contribution in [0.2, 0.25) is 0 Å². The average molecular weight is 187 g/mol. The molecule has 0 radical (unpaired) electrons. The van der Waals surface area contributed by atoms with Gasteiger partial charge in [0.2, 0.25) is 0 Å². The third-order valence-electron chi connectivity index (χ3n) is 1.22. The van der Waals surface area contributed by atoms with E-state index in [0.29, 0.717) is 5.22 Å². The lowest BCUT2D eigenvalue weighted by atomic mass is 10.5. The zero-order valence-corrected chi connectivity index (χ0v) is 7.59. The molecule has 1 atom stereocenters. The van der Waals surface area contributed by atoms with Gasteiger partial charge in [-0.25, -0.2) is 4.98 Å². The molecule has 1 unspecified atom stereocenters. The van der Waals surface area contributed by atoms with Crippen LogP contribution in [0, 0.1) is 6.92 Å². The predicted octanol–water partition coefficient (Wildman–Crippen LogP) is 1.55. The number of carboxylic acids is 1. The van der Waals surface area contributed by atoms with Crippen molar-refractivity contribution in [1.82, 2.24) is 4.98 Å². The molecule has 0 saturated heterocycles. The highest BCUT2D eigenvalue weighted by Crippen LogP contribution is 2.21. The number of aromatic nitrogens is 1. The summed E-state index contributed by atoms with van der Waals surface area (Å²) < 4.78 is 4.97. The van der Waals surface area contributed by atoms with Gasteiger partial charge in [0.25, 0.3) is 5.22 Å². The van der Waals surface area contributed by atoms with Gasteiger partial charge in [-0.15, -0.1) is 0 Å². The number of hydrogen-bond donors (Lipinski definition) is 1. The number of rotatable bonds is 3. The molecular weight excluding hydrogens is 178 g/mol. The van der Waals surface area contributed by atoms with Crippen LogP contribution in [0.3, 0.4) is 0 Å². The van der Waals surface area contributed by atoms with Crippen LogP contribution >= 0.6 is 11.8 Å². The van der Waals surface area contributed by atoms with Crippen LogP contribution in [0.15, 0.2) is 15.9 Å². The van der Waals surface area contributed by atoms with Gasteiger partial charge in [0.1, 0.15) is 11.5 Å². The number of hydrogen-bond acceptors (Lipinski definition) is 4. The minimum Gasteiger partial charge on any atom is -0.480 e. The monoisotopic (exact) mass is 187 g/mol. The van der Waals surface area contributed by atoms with Crippen LogP contribution in [0.25, 0.3) is 0 Å². The lowest BCUT2D eigenvalue weighted by molar-refractivity contribution is -0.136. The Bertz CT molecular complexity index is 284. The second kappa shape index (κ2) is 3.62. The molecule has 0 spiro atoms. The Labute approximate surface area is 74.0 Å². The topological polar surface area (TPSA) is 63.3 Å². The molecule has 1 N–H and O–H groups in total. The van der Waals surface area contributed by atoms with E-state index in [0.717, 1.165) is 17.5 Å². The third kappa shape index (κ3) is 2.27. The molecule has 1 rings (SSSR count). The molecule has 0 aliphatic carbocycles. The molecule has 1 aromatic rings. The number of aliphatic carboxylic acids is 1. The van der Waals surface area contributed by atoms with Crippen LogP contribution < -0.4 is 0 Å². The molecule has 4 nitrogen and oxygen atoms in total. The molecular formula is C7H9NO3S. The molecule has 66 valence electrons. The van der Waals surface area contributed by atoms with E-state index in [4.69, 9.17) is 9.52 Å². The van der Waals surface area contributed by atoms with Crippen molar-refractivity contribution in [3.05, 3.63) is 12.0 Å². The molecule has 1 aromatic heterocycles. The Morgan fingerprint density at radius 2 is 2.50 bits per heavy atom. The minimum absolute atomic E-state index is 0.405. The van der Waals surface area contributed by atoms with E-state index in [1.807, 2.05) is 0 Å². The van der Waals surface area contributed by atoms with Crippen LogP contribution in [0.1, 0.15) is 12.6 Å². The van der Waals surface area contributed by atoms with Crippen molar-refractivity contribution < 1.29 is 14.3 Å². The van der Waals surface area contributed by atoms with Crippen molar-refractivity contribution in [1.29, 1.82) is 0 Å². The second-order valence-corrected chi connectivity index (χ2v) is 3.65. The molecule has 5 heteroatoms. The summed E-state index contributed by atoms with van der Waals surface area (Å²) in [6, 6.07) is 0. The first kappa shape index (κ1) is 9.12. The summed E-state index contributed by atoms with van der Waals surface area (Å²) in [7, 11) is 0. The van der Waals surface area contributed by atoms with Gasteiger partial charge >= 0.3 is 5.97 Å². The minimum atomic E-state index is -0.865. The maximum atomic E-state index is 10.4. The van der Waals surface area contributed by atoms with Gasteiger partial charge in [0.05, 0.1) is 5.69 Å². The van der Waals surface area contributed by atoms with Crippen molar-refractivity contribution in [2.75, 3.05) is 0 Å². The van der Waals surface area contributed by atoms with E-state index in [2.05, 4.69) is 4.98 Å². The largest absolute Gasteiger partial charge is 0.480 e. The molecule has 12 heavy (non-hydrogen) atoms. The molecule has 0 bridgehead atoms. The van der Waals surface area contributed by atoms with Gasteiger partial charge < -0.3 is 9.52 Å². The van der Waals surface area contributed by atoms with Gasteiger partial charge in [-0.3, -0.25) is 4.79 Å². The number of carboxylic acid groups (broad SMARTS) is 1. The Morgan fingerprint density at radius 3 is 2.92 bits per heavy atom. The van der Waals surface area contributed by atoms with Crippen molar-refractivity contribution in [2.45, 2.75) is 24.3 Å². The Kier molecular flexibility index (Phi) is 2.75. The fourth-order valence-corrected chi connectivity index (χ4v) is 1.29. The van der Waals surface area contributed by atoms with Crippen molar-refractivity contribution in [3.63, 3.8) is 0 Å². The Balaban J connectivity index is 2.58. The van der Waals surface area contributed by atoms with Gasteiger partial charge in [-0.1, -0.05) is 11.8 Å². The number of aryl methyl sites for hydroxylation is 1. The van der Waals surface area contributed by atoms with Crippen LogP contribution in [-0.2, 0) is 4.79 Å². The Morgan fingerprint density at radius 1 is 1.83 bits per heavy atom. The number of oxazole rings is 1. The SMILES string of the molecule is Cc1coc(SC(C)C(=O)O)n1. The number of thioether (sulfide) groups is 1. The first-order chi connectivity index (χ1) is 5.59. The van der Waals surface area contributed by atoms with E-state index in [-0.39, 0.29) is 0 Å². The number of carbonyl (C=O) groups is 1. The van der Waals surface area contributed by atoms with Gasteiger partial charge in [-0.2, -0.15) is 0 Å². The van der Waals surface area contributed by atoms with Crippen LogP contribution in [0.5, 0.6) is 0 Å². The Hall–Kier alpha value is -0.970. The van der Waals surface area contributed by atoms with Crippen molar-refractivity contribution in [3.8, 4) is 0 Å². The van der Waals surface area contributed by atoms with Crippen molar-refractivity contribution in [2.24, 2.45) is 0 Å². The first-order valence-electron chi connectivity index (χ1n) is 3.41. The quantitative estimate of drug-likeness (QED) is 0.727. The lowest BCUT2D eigenvalue weighted by Gasteiger charge is -1.99. The maximum absolute atomic E-state index is 10.4. The zero-order valence-electron chi connectivity index (χ0n) is 6.77. The van der Waals surface area contributed by atoms with Crippen LogP contribution in [-0.4, -0.2) is 21.3 Å². The first-order valence-corrected chi connectivity index (χ1v) is 4.29.